The van der Waals surface area contributed by atoms with Crippen LogP contribution in [0, 0.1) is 17.8 Å². The normalized spacial score (nSPS) is 20.7. The van der Waals surface area contributed by atoms with Gasteiger partial charge in [-0.25, -0.2) is 0 Å². The molecule has 0 N–H and O–H groups in total. The first-order chi connectivity index (χ1) is 5.83. The van der Waals surface area contributed by atoms with Gasteiger partial charge in [0.15, 0.2) is 0 Å². The summed E-state index contributed by atoms with van der Waals surface area (Å²) in [6, 6.07) is 0. The molecule has 0 aliphatic heterocycles. The molecular weight excluding hydrogens is 148 g/mol. The molecule has 68 valence electrons. The Kier molecular flexibility index (Phi) is 3.62. The van der Waals surface area contributed by atoms with Gasteiger partial charge in [0.1, 0.15) is 0 Å². The Morgan fingerprint density at radius 3 is 2.58 bits per heavy atom. The Labute approximate surface area is 75.5 Å². The summed E-state index contributed by atoms with van der Waals surface area (Å²) in [6.07, 6.45) is 11.6. The highest BCUT2D eigenvalue weighted by atomic mass is 16.5. The van der Waals surface area contributed by atoms with E-state index in [0.29, 0.717) is 0 Å². The van der Waals surface area contributed by atoms with E-state index in [4.69, 9.17) is 11.2 Å². The molecule has 0 unspecified atom stereocenters. The molecule has 1 aliphatic carbocycles. The summed E-state index contributed by atoms with van der Waals surface area (Å²) in [5.41, 5.74) is 0.190. The maximum Gasteiger partial charge on any atom is 0.0480 e. The lowest BCUT2D eigenvalue weighted by Gasteiger charge is -2.21. The van der Waals surface area contributed by atoms with Crippen LogP contribution >= 0.6 is 0 Å². The van der Waals surface area contributed by atoms with E-state index < -0.39 is 0 Å². The van der Waals surface area contributed by atoms with Crippen molar-refractivity contribution in [3.8, 4) is 12.3 Å². The van der Waals surface area contributed by atoms with Crippen molar-refractivity contribution in [1.29, 1.82) is 0 Å². The maximum atomic E-state index is 5.55. The number of ether oxygens (including phenoxy) is 1. The zero-order valence-electron chi connectivity index (χ0n) is 7.94. The van der Waals surface area contributed by atoms with Crippen molar-refractivity contribution in [2.24, 2.45) is 5.41 Å². The molecule has 1 nitrogen and oxygen atoms in total. The zero-order chi connectivity index (χ0) is 8.86. The van der Waals surface area contributed by atoms with Crippen LogP contribution < -0.4 is 0 Å². The first-order valence-corrected chi connectivity index (χ1v) is 4.88. The van der Waals surface area contributed by atoms with Gasteiger partial charge in [0.2, 0.25) is 0 Å². The van der Waals surface area contributed by atoms with Gasteiger partial charge in [-0.2, -0.15) is 0 Å². The van der Waals surface area contributed by atoms with Crippen molar-refractivity contribution < 1.29 is 4.74 Å². The SMILES string of the molecule is C#CC1(CCOCC)CCCC1. The molecular formula is C11H18O. The van der Waals surface area contributed by atoms with E-state index in [1.807, 2.05) is 6.92 Å². The average Bonchev–Trinajstić information content (AvgIpc) is 2.55. The van der Waals surface area contributed by atoms with E-state index in [2.05, 4.69) is 5.92 Å². The van der Waals surface area contributed by atoms with Crippen molar-refractivity contribution in [3.05, 3.63) is 0 Å². The highest BCUT2D eigenvalue weighted by Gasteiger charge is 2.30. The third-order valence-corrected chi connectivity index (χ3v) is 2.80. The third kappa shape index (κ3) is 2.25. The average molecular weight is 166 g/mol. The molecule has 0 aromatic rings. The summed E-state index contributed by atoms with van der Waals surface area (Å²) in [5.74, 6) is 2.96. The Morgan fingerprint density at radius 2 is 2.08 bits per heavy atom. The number of hydrogen-bond donors (Lipinski definition) is 0. The summed E-state index contributed by atoms with van der Waals surface area (Å²) in [4.78, 5) is 0. The van der Waals surface area contributed by atoms with Gasteiger partial charge in [-0.3, -0.25) is 0 Å². The van der Waals surface area contributed by atoms with E-state index in [-0.39, 0.29) is 5.41 Å². The fourth-order valence-electron chi connectivity index (χ4n) is 1.93. The van der Waals surface area contributed by atoms with Crippen LogP contribution in [-0.2, 0) is 4.74 Å². The van der Waals surface area contributed by atoms with Gasteiger partial charge in [0.25, 0.3) is 0 Å². The van der Waals surface area contributed by atoms with E-state index in [1.54, 1.807) is 0 Å². The van der Waals surface area contributed by atoms with Gasteiger partial charge in [-0.15, -0.1) is 6.42 Å². The first-order valence-electron chi connectivity index (χ1n) is 4.88. The van der Waals surface area contributed by atoms with E-state index in [9.17, 15) is 0 Å². The van der Waals surface area contributed by atoms with Crippen molar-refractivity contribution in [2.45, 2.75) is 39.0 Å². The first kappa shape index (κ1) is 9.61. The van der Waals surface area contributed by atoms with Crippen LogP contribution in [0.4, 0.5) is 0 Å². The number of rotatable bonds is 4. The molecule has 0 aromatic heterocycles. The monoisotopic (exact) mass is 166 g/mol. The molecule has 1 aliphatic rings. The summed E-state index contributed by atoms with van der Waals surface area (Å²) in [7, 11) is 0. The predicted octanol–water partition coefficient (Wildman–Crippen LogP) is 2.61. The summed E-state index contributed by atoms with van der Waals surface area (Å²) < 4.78 is 5.33. The highest BCUT2D eigenvalue weighted by Crippen LogP contribution is 2.40. The quantitative estimate of drug-likeness (QED) is 0.461. The lowest BCUT2D eigenvalue weighted by Crippen LogP contribution is -2.16. The molecule has 0 saturated heterocycles. The smallest absolute Gasteiger partial charge is 0.0480 e. The van der Waals surface area contributed by atoms with Crippen LogP contribution in [0.25, 0.3) is 0 Å². The van der Waals surface area contributed by atoms with Gasteiger partial charge in [0, 0.05) is 18.6 Å². The predicted molar refractivity (Wildman–Crippen MR) is 50.8 cm³/mol. The van der Waals surface area contributed by atoms with Crippen molar-refractivity contribution >= 4 is 0 Å². The van der Waals surface area contributed by atoms with Crippen molar-refractivity contribution in [1.82, 2.24) is 0 Å². The summed E-state index contributed by atoms with van der Waals surface area (Å²) >= 11 is 0. The van der Waals surface area contributed by atoms with E-state index in [0.717, 1.165) is 19.6 Å². The Balaban J connectivity index is 2.30. The topological polar surface area (TPSA) is 9.23 Å². The van der Waals surface area contributed by atoms with Crippen LogP contribution in [0.15, 0.2) is 0 Å². The second-order valence-corrected chi connectivity index (χ2v) is 3.58. The standard InChI is InChI=1S/C11H18O/c1-3-11(7-5-6-8-11)9-10-12-4-2/h1H,4-10H2,2H3. The van der Waals surface area contributed by atoms with E-state index >= 15 is 0 Å². The van der Waals surface area contributed by atoms with Crippen LogP contribution in [0.1, 0.15) is 39.0 Å². The molecule has 0 aromatic carbocycles. The van der Waals surface area contributed by atoms with Crippen LogP contribution in [-0.4, -0.2) is 13.2 Å². The van der Waals surface area contributed by atoms with Gasteiger partial charge in [0.05, 0.1) is 0 Å². The molecule has 0 radical (unpaired) electrons. The molecule has 0 atom stereocenters. The van der Waals surface area contributed by atoms with Crippen LogP contribution in [0.2, 0.25) is 0 Å². The summed E-state index contributed by atoms with van der Waals surface area (Å²) in [6.45, 7) is 3.67. The highest BCUT2D eigenvalue weighted by molar-refractivity contribution is 5.07. The Bertz CT molecular complexity index is 160. The minimum atomic E-state index is 0.190. The molecule has 0 heterocycles. The number of hydrogen-bond acceptors (Lipinski definition) is 1. The largest absolute Gasteiger partial charge is 0.382 e. The third-order valence-electron chi connectivity index (χ3n) is 2.80. The van der Waals surface area contributed by atoms with E-state index in [1.165, 1.54) is 25.7 Å². The second kappa shape index (κ2) is 4.52. The molecule has 1 heteroatoms. The fraction of sp³-hybridized carbons (Fsp3) is 0.818. The lowest BCUT2D eigenvalue weighted by molar-refractivity contribution is 0.121. The van der Waals surface area contributed by atoms with Crippen molar-refractivity contribution in [3.63, 3.8) is 0 Å². The Morgan fingerprint density at radius 1 is 1.42 bits per heavy atom. The molecule has 0 bridgehead atoms. The van der Waals surface area contributed by atoms with Crippen LogP contribution in [0.3, 0.4) is 0 Å². The van der Waals surface area contributed by atoms with Gasteiger partial charge in [-0.1, -0.05) is 18.8 Å². The molecule has 12 heavy (non-hydrogen) atoms. The molecule has 0 spiro atoms. The Hall–Kier alpha value is -0.480. The molecule has 1 rings (SSSR count). The molecule has 1 fully saturated rings. The minimum Gasteiger partial charge on any atom is -0.382 e. The number of terminal acetylenes is 1. The maximum absolute atomic E-state index is 5.55. The molecule has 1 saturated carbocycles. The zero-order valence-corrected chi connectivity index (χ0v) is 7.94. The lowest BCUT2D eigenvalue weighted by atomic mass is 9.84. The minimum absolute atomic E-state index is 0.190. The van der Waals surface area contributed by atoms with Gasteiger partial charge >= 0.3 is 0 Å². The van der Waals surface area contributed by atoms with Gasteiger partial charge < -0.3 is 4.74 Å². The second-order valence-electron chi connectivity index (χ2n) is 3.58. The van der Waals surface area contributed by atoms with Crippen molar-refractivity contribution in [2.75, 3.05) is 13.2 Å². The fourth-order valence-corrected chi connectivity index (χ4v) is 1.93. The van der Waals surface area contributed by atoms with Gasteiger partial charge in [-0.05, 0) is 26.2 Å². The summed E-state index contributed by atoms with van der Waals surface area (Å²) in [5, 5.41) is 0. The van der Waals surface area contributed by atoms with Crippen LogP contribution in [0.5, 0.6) is 0 Å². The molecule has 0 amide bonds.